The molecule has 27 heavy (non-hydrogen) atoms. The number of nitrogens with one attached hydrogen (secondary N) is 2. The maximum absolute atomic E-state index is 12.2. The summed E-state index contributed by atoms with van der Waals surface area (Å²) in [6, 6.07) is 10.2. The Hall–Kier alpha value is -3.36. The van der Waals surface area contributed by atoms with E-state index < -0.39 is 18.0 Å². The molecule has 0 saturated heterocycles. The lowest BCUT2D eigenvalue weighted by atomic mass is 10.0. The molecule has 3 N–H and O–H groups in total. The average molecular weight is 374 g/mol. The van der Waals surface area contributed by atoms with Crippen LogP contribution in [0.5, 0.6) is 0 Å². The van der Waals surface area contributed by atoms with Crippen LogP contribution in [0, 0.1) is 0 Å². The number of hydrogen-bond donors (Lipinski definition) is 3. The van der Waals surface area contributed by atoms with Crippen molar-refractivity contribution < 1.29 is 24.2 Å². The molecule has 1 unspecified atom stereocenters. The summed E-state index contributed by atoms with van der Waals surface area (Å²) in [6.07, 6.45) is 2.30. The Balaban J connectivity index is 1.93. The van der Waals surface area contributed by atoms with Crippen LogP contribution in [0.25, 0.3) is 0 Å². The van der Waals surface area contributed by atoms with Crippen molar-refractivity contribution in [3.05, 3.63) is 48.2 Å². The summed E-state index contributed by atoms with van der Waals surface area (Å²) in [5, 5.41) is 18.3. The maximum Gasteiger partial charge on any atom is 0.327 e. The Morgan fingerprint density at radius 1 is 1.22 bits per heavy atom. The van der Waals surface area contributed by atoms with Gasteiger partial charge in [-0.05, 0) is 18.4 Å². The monoisotopic (exact) mass is 374 g/mol. The van der Waals surface area contributed by atoms with Crippen LogP contribution < -0.4 is 10.6 Å². The van der Waals surface area contributed by atoms with Crippen molar-refractivity contribution in [2.24, 2.45) is 0 Å². The third-order valence-electron chi connectivity index (χ3n) is 3.77. The van der Waals surface area contributed by atoms with Gasteiger partial charge in [-0.15, -0.1) is 0 Å². The van der Waals surface area contributed by atoms with Gasteiger partial charge in [0.2, 0.25) is 0 Å². The smallest absolute Gasteiger partial charge is 0.327 e. The molecule has 9 heteroatoms. The molecular formula is C18H22N4O5. The molecule has 2 rings (SSSR count). The molecule has 0 spiro atoms. The van der Waals surface area contributed by atoms with Crippen molar-refractivity contribution in [2.45, 2.75) is 31.8 Å². The number of rotatable bonds is 9. The highest BCUT2D eigenvalue weighted by Crippen LogP contribution is 2.09. The van der Waals surface area contributed by atoms with Crippen LogP contribution in [0.15, 0.2) is 42.6 Å². The van der Waals surface area contributed by atoms with Crippen molar-refractivity contribution in [3.63, 3.8) is 0 Å². The van der Waals surface area contributed by atoms with E-state index in [2.05, 4.69) is 20.5 Å². The van der Waals surface area contributed by atoms with Gasteiger partial charge in [0.25, 0.3) is 0 Å². The number of carbonyl (C=O) groups is 3. The second-order valence-electron chi connectivity index (χ2n) is 5.89. The summed E-state index contributed by atoms with van der Waals surface area (Å²) < 4.78 is 5.89. The van der Waals surface area contributed by atoms with Crippen LogP contribution in [0.2, 0.25) is 0 Å². The van der Waals surface area contributed by atoms with Gasteiger partial charge in [0, 0.05) is 24.7 Å². The highest BCUT2D eigenvalue weighted by Gasteiger charge is 2.16. The van der Waals surface area contributed by atoms with Crippen molar-refractivity contribution in [1.82, 2.24) is 15.1 Å². The zero-order chi connectivity index (χ0) is 19.6. The average Bonchev–Trinajstić information content (AvgIpc) is 3.07. The van der Waals surface area contributed by atoms with Gasteiger partial charge in [-0.1, -0.05) is 30.3 Å². The lowest BCUT2D eigenvalue weighted by molar-refractivity contribution is -0.141. The largest absolute Gasteiger partial charge is 0.481 e. The Labute approximate surface area is 156 Å². The molecule has 1 aromatic carbocycles. The summed E-state index contributed by atoms with van der Waals surface area (Å²) in [6.45, 7) is -0.0605. The Morgan fingerprint density at radius 3 is 2.63 bits per heavy atom. The summed E-state index contributed by atoms with van der Waals surface area (Å²) in [7, 11) is 1.28. The van der Waals surface area contributed by atoms with Crippen LogP contribution in [0.4, 0.5) is 10.6 Å². The fraction of sp³-hybridized carbons (Fsp3) is 0.333. The van der Waals surface area contributed by atoms with Gasteiger partial charge in [-0.2, -0.15) is 5.10 Å². The number of carbonyl (C=O) groups excluding carboxylic acids is 2. The molecule has 0 bridgehead atoms. The summed E-state index contributed by atoms with van der Waals surface area (Å²) >= 11 is 0. The predicted octanol–water partition coefficient (Wildman–Crippen LogP) is 1.65. The number of methoxy groups -OCH3 is 1. The van der Waals surface area contributed by atoms with E-state index in [9.17, 15) is 14.4 Å². The molecule has 0 fully saturated rings. The fourth-order valence-electron chi connectivity index (χ4n) is 2.47. The molecule has 1 aromatic heterocycles. The standard InChI is InChI=1S/C18H22N4O5/c1-27-17(25)12-22-10-9-15(21-22)20-18(26)19-14(7-8-16(23)24)11-13-5-3-2-4-6-13/h2-6,9-10,14H,7-8,11-12H2,1H3,(H,23,24)(H2,19,20,21,26). The van der Waals surface area contributed by atoms with Crippen LogP contribution in [0.3, 0.4) is 0 Å². The van der Waals surface area contributed by atoms with Gasteiger partial charge in [0.15, 0.2) is 5.82 Å². The maximum atomic E-state index is 12.2. The van der Waals surface area contributed by atoms with E-state index >= 15 is 0 Å². The van der Waals surface area contributed by atoms with E-state index in [4.69, 9.17) is 5.11 Å². The number of esters is 1. The molecule has 1 atom stereocenters. The molecule has 0 radical (unpaired) electrons. The van der Waals surface area contributed by atoms with Crippen LogP contribution in [-0.4, -0.2) is 46.0 Å². The second kappa shape index (κ2) is 9.95. The van der Waals surface area contributed by atoms with Gasteiger partial charge < -0.3 is 15.2 Å². The van der Waals surface area contributed by atoms with Crippen molar-refractivity contribution in [1.29, 1.82) is 0 Å². The van der Waals surface area contributed by atoms with Crippen LogP contribution in [-0.2, 0) is 27.3 Å². The molecule has 9 nitrogen and oxygen atoms in total. The van der Waals surface area contributed by atoms with E-state index in [1.807, 2.05) is 30.3 Å². The summed E-state index contributed by atoms with van der Waals surface area (Å²) in [5.74, 6) is -1.10. The normalized spacial score (nSPS) is 11.4. The molecule has 2 aromatic rings. The number of nitrogens with zero attached hydrogens (tertiary/aromatic N) is 2. The molecule has 2 amide bonds. The predicted molar refractivity (Wildman–Crippen MR) is 97.2 cm³/mol. The minimum atomic E-state index is -0.920. The molecule has 0 saturated carbocycles. The fourth-order valence-corrected chi connectivity index (χ4v) is 2.47. The minimum absolute atomic E-state index is 0.0501. The third-order valence-corrected chi connectivity index (χ3v) is 3.77. The minimum Gasteiger partial charge on any atom is -0.481 e. The van der Waals surface area contributed by atoms with Gasteiger partial charge in [-0.25, -0.2) is 4.79 Å². The number of carboxylic acid groups (broad SMARTS) is 1. The number of aliphatic carboxylic acids is 1. The zero-order valence-electron chi connectivity index (χ0n) is 14.9. The number of anilines is 1. The second-order valence-corrected chi connectivity index (χ2v) is 5.89. The summed E-state index contributed by atoms with van der Waals surface area (Å²) in [4.78, 5) is 34.3. The Bertz CT molecular complexity index is 775. The molecule has 0 aliphatic heterocycles. The van der Waals surface area contributed by atoms with Crippen molar-refractivity contribution in [2.75, 3.05) is 12.4 Å². The first-order valence-electron chi connectivity index (χ1n) is 8.39. The van der Waals surface area contributed by atoms with Gasteiger partial charge in [0.05, 0.1) is 7.11 Å². The van der Waals surface area contributed by atoms with Crippen molar-refractivity contribution in [3.8, 4) is 0 Å². The van der Waals surface area contributed by atoms with Gasteiger partial charge in [0.1, 0.15) is 6.54 Å². The lowest BCUT2D eigenvalue weighted by Gasteiger charge is -2.18. The zero-order valence-corrected chi connectivity index (χ0v) is 14.9. The highest BCUT2D eigenvalue weighted by molar-refractivity contribution is 5.88. The van der Waals surface area contributed by atoms with Gasteiger partial charge >= 0.3 is 18.0 Å². The van der Waals surface area contributed by atoms with Crippen molar-refractivity contribution >= 4 is 23.8 Å². The summed E-state index contributed by atoms with van der Waals surface area (Å²) in [5.41, 5.74) is 0.996. The quantitative estimate of drug-likeness (QED) is 0.574. The molecule has 0 aliphatic rings. The molecular weight excluding hydrogens is 352 g/mol. The number of urea groups is 1. The SMILES string of the molecule is COC(=O)Cn1ccc(NC(=O)NC(CCC(=O)O)Cc2ccccc2)n1. The first kappa shape index (κ1) is 20.0. The van der Waals surface area contributed by atoms with Gasteiger partial charge in [-0.3, -0.25) is 19.6 Å². The third kappa shape index (κ3) is 7.18. The number of carboxylic acids is 1. The number of aromatic nitrogens is 2. The van der Waals surface area contributed by atoms with Crippen LogP contribution >= 0.6 is 0 Å². The first-order valence-corrected chi connectivity index (χ1v) is 8.39. The number of benzene rings is 1. The Morgan fingerprint density at radius 2 is 1.96 bits per heavy atom. The Kier molecular flexibility index (Phi) is 7.36. The van der Waals surface area contributed by atoms with E-state index in [1.54, 1.807) is 12.3 Å². The number of amides is 2. The number of hydrogen-bond acceptors (Lipinski definition) is 5. The van der Waals surface area contributed by atoms with E-state index in [1.165, 1.54) is 11.8 Å². The number of ether oxygens (including phenoxy) is 1. The van der Waals surface area contributed by atoms with E-state index in [0.717, 1.165) is 5.56 Å². The molecule has 1 heterocycles. The highest BCUT2D eigenvalue weighted by atomic mass is 16.5. The molecule has 0 aliphatic carbocycles. The first-order chi connectivity index (χ1) is 13.0. The molecule has 144 valence electrons. The van der Waals surface area contributed by atoms with Crippen LogP contribution in [0.1, 0.15) is 18.4 Å². The van der Waals surface area contributed by atoms with E-state index in [0.29, 0.717) is 12.8 Å². The lowest BCUT2D eigenvalue weighted by Crippen LogP contribution is -2.39. The van der Waals surface area contributed by atoms with E-state index in [-0.39, 0.29) is 24.8 Å². The topological polar surface area (TPSA) is 123 Å².